The maximum atomic E-state index is 13.7. The van der Waals surface area contributed by atoms with Crippen LogP contribution in [0.2, 0.25) is 0 Å². The normalized spacial score (nSPS) is 13.2. The Hall–Kier alpha value is -4.14. The van der Waals surface area contributed by atoms with Crippen LogP contribution in [0.3, 0.4) is 0 Å². The average Bonchev–Trinajstić information content (AvgIpc) is 3.36. The molecule has 9 heteroatoms. The third-order valence-electron chi connectivity index (χ3n) is 5.97. The van der Waals surface area contributed by atoms with Gasteiger partial charge in [-0.1, -0.05) is 30.3 Å². The molecular weight excluding hydrogens is 482 g/mol. The summed E-state index contributed by atoms with van der Waals surface area (Å²) in [5.74, 6) is 1.53. The van der Waals surface area contributed by atoms with Crippen molar-refractivity contribution in [2.24, 2.45) is 0 Å². The second-order valence-corrected chi connectivity index (χ2v) is 10.2. The van der Waals surface area contributed by atoms with E-state index in [9.17, 15) is 9.59 Å². The zero-order valence-electron chi connectivity index (χ0n) is 22.4. The highest BCUT2D eigenvalue weighted by Crippen LogP contribution is 2.27. The monoisotopic (exact) mass is 517 g/mol. The van der Waals surface area contributed by atoms with E-state index < -0.39 is 11.7 Å². The van der Waals surface area contributed by atoms with Crippen molar-refractivity contribution in [2.45, 2.75) is 52.2 Å². The van der Waals surface area contributed by atoms with Gasteiger partial charge in [-0.05, 0) is 69.5 Å². The fourth-order valence-electron chi connectivity index (χ4n) is 4.13. The number of benzene rings is 2. The van der Waals surface area contributed by atoms with Crippen molar-refractivity contribution in [3.05, 3.63) is 77.5 Å². The molecule has 9 nitrogen and oxygen atoms in total. The first-order chi connectivity index (χ1) is 18.2. The number of rotatable bonds is 9. The van der Waals surface area contributed by atoms with Crippen LogP contribution < -0.4 is 20.3 Å². The van der Waals surface area contributed by atoms with Gasteiger partial charge in [0.05, 0.1) is 12.6 Å². The molecule has 0 saturated carbocycles. The molecule has 0 spiro atoms. The summed E-state index contributed by atoms with van der Waals surface area (Å²) in [6.45, 7) is 8.78. The number of amides is 2. The molecule has 3 aromatic rings. The molecule has 2 aromatic carbocycles. The van der Waals surface area contributed by atoms with Gasteiger partial charge < -0.3 is 20.1 Å². The van der Waals surface area contributed by atoms with Gasteiger partial charge in [0.25, 0.3) is 5.91 Å². The Morgan fingerprint density at radius 1 is 1.13 bits per heavy atom. The predicted molar refractivity (Wildman–Crippen MR) is 147 cm³/mol. The minimum atomic E-state index is -0.579. The largest absolute Gasteiger partial charge is 0.493 e. The average molecular weight is 518 g/mol. The zero-order valence-corrected chi connectivity index (χ0v) is 22.4. The van der Waals surface area contributed by atoms with E-state index in [4.69, 9.17) is 9.47 Å². The third kappa shape index (κ3) is 7.21. The standard InChI is InChI=1S/C29H35N5O4/c1-20(21-9-6-5-7-10-21)32-27-30-16-13-25(33-27)34(17-8-15-31-28(36)38-29(2,3)4)26(35)23-11-12-24-22(19-23)14-18-37-24/h5-7,9-13,16,19-20H,8,14-15,17-18H2,1-4H3,(H,31,36)(H,30,32,33)/t20-/m0/s1. The van der Waals surface area contributed by atoms with E-state index in [0.717, 1.165) is 23.3 Å². The number of carbonyl (C=O) groups excluding carboxylic acids is 2. The van der Waals surface area contributed by atoms with Crippen LogP contribution in [-0.4, -0.2) is 47.3 Å². The second kappa shape index (κ2) is 11.9. The highest BCUT2D eigenvalue weighted by molar-refractivity contribution is 6.05. The van der Waals surface area contributed by atoms with Crippen molar-refractivity contribution in [3.8, 4) is 5.75 Å². The number of nitrogens with one attached hydrogen (secondary N) is 2. The summed E-state index contributed by atoms with van der Waals surface area (Å²) >= 11 is 0. The van der Waals surface area contributed by atoms with Crippen LogP contribution in [0.4, 0.5) is 16.6 Å². The molecular formula is C29H35N5O4. The molecule has 200 valence electrons. The maximum Gasteiger partial charge on any atom is 0.407 e. The van der Waals surface area contributed by atoms with Gasteiger partial charge in [-0.2, -0.15) is 4.98 Å². The Morgan fingerprint density at radius 3 is 2.68 bits per heavy atom. The number of alkyl carbamates (subject to hydrolysis) is 1. The molecule has 1 aromatic heterocycles. The van der Waals surface area contributed by atoms with Crippen LogP contribution >= 0.6 is 0 Å². The van der Waals surface area contributed by atoms with Gasteiger partial charge in [-0.3, -0.25) is 9.69 Å². The molecule has 2 amide bonds. The molecule has 2 heterocycles. The minimum absolute atomic E-state index is 0.0228. The molecule has 2 N–H and O–H groups in total. The molecule has 4 rings (SSSR count). The molecule has 0 fully saturated rings. The molecule has 0 bridgehead atoms. The summed E-state index contributed by atoms with van der Waals surface area (Å²) in [7, 11) is 0. The SMILES string of the molecule is C[C@H](Nc1nccc(N(CCCNC(=O)OC(C)(C)C)C(=O)c2ccc3c(c2)CCO3)n1)c1ccccc1. The van der Waals surface area contributed by atoms with Crippen molar-refractivity contribution in [3.63, 3.8) is 0 Å². The number of carbonyl (C=O) groups is 2. The van der Waals surface area contributed by atoms with Crippen LogP contribution in [0.1, 0.15) is 61.6 Å². The lowest BCUT2D eigenvalue weighted by molar-refractivity contribution is 0.0527. The lowest BCUT2D eigenvalue weighted by Crippen LogP contribution is -2.37. The van der Waals surface area contributed by atoms with Crippen LogP contribution in [-0.2, 0) is 11.2 Å². The van der Waals surface area contributed by atoms with E-state index in [-0.39, 0.29) is 11.9 Å². The van der Waals surface area contributed by atoms with Crippen molar-refractivity contribution >= 4 is 23.8 Å². The first-order valence-corrected chi connectivity index (χ1v) is 12.9. The molecule has 0 unspecified atom stereocenters. The quantitative estimate of drug-likeness (QED) is 0.378. The van der Waals surface area contributed by atoms with E-state index in [0.29, 0.717) is 43.4 Å². The van der Waals surface area contributed by atoms with Crippen molar-refractivity contribution in [1.82, 2.24) is 15.3 Å². The molecule has 1 atom stereocenters. The number of hydrogen-bond acceptors (Lipinski definition) is 7. The molecule has 1 aliphatic heterocycles. The molecule has 38 heavy (non-hydrogen) atoms. The lowest BCUT2D eigenvalue weighted by Gasteiger charge is -2.24. The fourth-order valence-corrected chi connectivity index (χ4v) is 4.13. The van der Waals surface area contributed by atoms with E-state index in [1.165, 1.54) is 0 Å². The fraction of sp³-hybridized carbons (Fsp3) is 0.379. The van der Waals surface area contributed by atoms with Gasteiger partial charge in [-0.25, -0.2) is 9.78 Å². The topological polar surface area (TPSA) is 106 Å². The van der Waals surface area contributed by atoms with Crippen LogP contribution in [0.25, 0.3) is 0 Å². The zero-order chi connectivity index (χ0) is 27.1. The maximum absolute atomic E-state index is 13.7. The number of hydrogen-bond donors (Lipinski definition) is 2. The number of fused-ring (bicyclic) bond motifs is 1. The van der Waals surface area contributed by atoms with Crippen LogP contribution in [0.5, 0.6) is 5.75 Å². The van der Waals surface area contributed by atoms with Gasteiger partial charge in [0, 0.05) is 31.3 Å². The first kappa shape index (κ1) is 26.9. The molecule has 0 saturated heterocycles. The predicted octanol–water partition coefficient (Wildman–Crippen LogP) is 5.15. The highest BCUT2D eigenvalue weighted by Gasteiger charge is 2.23. The number of aromatic nitrogens is 2. The molecule has 0 aliphatic carbocycles. The van der Waals surface area contributed by atoms with E-state index in [1.807, 2.05) is 70.2 Å². The first-order valence-electron chi connectivity index (χ1n) is 12.9. The Morgan fingerprint density at radius 2 is 1.92 bits per heavy atom. The van der Waals surface area contributed by atoms with E-state index in [2.05, 4.69) is 20.6 Å². The van der Waals surface area contributed by atoms with Crippen LogP contribution in [0.15, 0.2) is 60.8 Å². The van der Waals surface area contributed by atoms with E-state index in [1.54, 1.807) is 23.2 Å². The number of anilines is 2. The van der Waals surface area contributed by atoms with Crippen molar-refractivity contribution < 1.29 is 19.1 Å². The summed E-state index contributed by atoms with van der Waals surface area (Å²) in [5, 5.41) is 6.07. The lowest BCUT2D eigenvalue weighted by atomic mass is 10.1. The van der Waals surface area contributed by atoms with E-state index >= 15 is 0 Å². The Labute approximate surface area is 223 Å². The smallest absolute Gasteiger partial charge is 0.407 e. The van der Waals surface area contributed by atoms with Gasteiger partial charge in [0.15, 0.2) is 0 Å². The Kier molecular flexibility index (Phi) is 8.45. The van der Waals surface area contributed by atoms with Gasteiger partial charge >= 0.3 is 6.09 Å². The summed E-state index contributed by atoms with van der Waals surface area (Å²) in [4.78, 5) is 36.4. The summed E-state index contributed by atoms with van der Waals surface area (Å²) in [5.41, 5.74) is 2.09. The molecule has 1 aliphatic rings. The molecule has 0 radical (unpaired) electrons. The van der Waals surface area contributed by atoms with Gasteiger partial charge in [-0.15, -0.1) is 0 Å². The Bertz CT molecular complexity index is 1260. The third-order valence-corrected chi connectivity index (χ3v) is 5.97. The summed E-state index contributed by atoms with van der Waals surface area (Å²) in [6, 6.07) is 17.2. The number of ether oxygens (including phenoxy) is 2. The summed E-state index contributed by atoms with van der Waals surface area (Å²) < 4.78 is 10.9. The summed E-state index contributed by atoms with van der Waals surface area (Å²) in [6.07, 6.45) is 2.43. The minimum Gasteiger partial charge on any atom is -0.493 e. The Balaban J connectivity index is 1.51. The second-order valence-electron chi connectivity index (χ2n) is 10.2. The number of nitrogens with zero attached hydrogens (tertiary/aromatic N) is 3. The highest BCUT2D eigenvalue weighted by atomic mass is 16.6. The van der Waals surface area contributed by atoms with Gasteiger partial charge in [0.1, 0.15) is 17.2 Å². The van der Waals surface area contributed by atoms with Crippen molar-refractivity contribution in [1.29, 1.82) is 0 Å². The van der Waals surface area contributed by atoms with Crippen LogP contribution in [0, 0.1) is 0 Å². The van der Waals surface area contributed by atoms with Crippen molar-refractivity contribution in [2.75, 3.05) is 29.9 Å². The van der Waals surface area contributed by atoms with Gasteiger partial charge in [0.2, 0.25) is 5.95 Å².